The number of likely N-dealkylation sites (tertiary alicyclic amines) is 1. The Labute approximate surface area is 189 Å². The fraction of sp³-hybridized carbons (Fsp3) is 0.577. The maximum absolute atomic E-state index is 13.8. The molecule has 1 aromatic heterocycles. The molecule has 2 bridgehead atoms. The summed E-state index contributed by atoms with van der Waals surface area (Å²) in [5.74, 6) is 2.80. The molecule has 6 rings (SSSR count). The van der Waals surface area contributed by atoms with E-state index in [9.17, 15) is 4.79 Å². The fourth-order valence-electron chi connectivity index (χ4n) is 6.99. The van der Waals surface area contributed by atoms with Crippen molar-refractivity contribution >= 4 is 16.8 Å². The lowest BCUT2D eigenvalue weighted by Gasteiger charge is -2.54. The van der Waals surface area contributed by atoms with Crippen molar-refractivity contribution in [1.82, 2.24) is 14.8 Å². The standard InChI is InChI=1S/C26H33N3O3/c1-31-22-8-9-23(32-2)24-19(22)14-20(27-24)26(30)29-11-5-6-16-12-17-13-18(25(16)29)15-28-10-4-3-7-21(17)28/h8-9,12,14,17-18,21,25,27H,3-7,10-11,13,15H2,1-2H3/t17-,18-,21-,25+/m0/s1. The molecule has 3 aliphatic heterocycles. The summed E-state index contributed by atoms with van der Waals surface area (Å²) in [6.07, 6.45) is 10.0. The number of carbonyl (C=O) groups excluding carboxylic acids is 1. The van der Waals surface area contributed by atoms with E-state index in [1.54, 1.807) is 14.2 Å². The number of amides is 1. The number of benzene rings is 1. The van der Waals surface area contributed by atoms with Crippen LogP contribution in [0.15, 0.2) is 29.8 Å². The molecule has 0 spiro atoms. The predicted octanol–water partition coefficient (Wildman–Crippen LogP) is 4.22. The Hall–Kier alpha value is -2.47. The molecule has 3 fully saturated rings. The molecular formula is C26H33N3O3. The number of hydrogen-bond acceptors (Lipinski definition) is 4. The second kappa shape index (κ2) is 7.84. The molecule has 2 aromatic rings. The van der Waals surface area contributed by atoms with Crippen LogP contribution in [0, 0.1) is 11.8 Å². The zero-order chi connectivity index (χ0) is 21.8. The molecule has 4 heterocycles. The van der Waals surface area contributed by atoms with Gasteiger partial charge in [0.2, 0.25) is 0 Å². The summed E-state index contributed by atoms with van der Waals surface area (Å²) < 4.78 is 11.1. The van der Waals surface area contributed by atoms with Gasteiger partial charge in [0.05, 0.1) is 25.8 Å². The number of nitrogens with one attached hydrogen (secondary N) is 1. The monoisotopic (exact) mass is 435 g/mol. The van der Waals surface area contributed by atoms with Crippen LogP contribution in [-0.4, -0.2) is 66.6 Å². The van der Waals surface area contributed by atoms with Crippen molar-refractivity contribution in [3.63, 3.8) is 0 Å². The largest absolute Gasteiger partial charge is 0.496 e. The summed E-state index contributed by atoms with van der Waals surface area (Å²) in [5, 5.41) is 0.889. The van der Waals surface area contributed by atoms with E-state index in [0.717, 1.165) is 54.4 Å². The molecule has 0 radical (unpaired) electrons. The number of hydrogen-bond donors (Lipinski definition) is 1. The topological polar surface area (TPSA) is 57.8 Å². The molecule has 170 valence electrons. The number of nitrogens with zero attached hydrogens (tertiary/aromatic N) is 2. The first-order valence-electron chi connectivity index (χ1n) is 12.2. The maximum Gasteiger partial charge on any atom is 0.270 e. The van der Waals surface area contributed by atoms with Crippen LogP contribution in [0.2, 0.25) is 0 Å². The molecule has 6 heteroatoms. The fourth-order valence-corrected chi connectivity index (χ4v) is 6.99. The predicted molar refractivity (Wildman–Crippen MR) is 124 cm³/mol. The smallest absolute Gasteiger partial charge is 0.270 e. The van der Waals surface area contributed by atoms with Crippen LogP contribution >= 0.6 is 0 Å². The third kappa shape index (κ3) is 3.06. The first kappa shape index (κ1) is 20.2. The van der Waals surface area contributed by atoms with Crippen LogP contribution in [0.25, 0.3) is 10.9 Å². The first-order valence-corrected chi connectivity index (χ1v) is 12.2. The minimum atomic E-state index is 0.0973. The number of piperidine rings is 3. The molecule has 32 heavy (non-hydrogen) atoms. The Bertz CT molecular complexity index is 1030. The third-order valence-electron chi connectivity index (χ3n) is 8.30. The molecular weight excluding hydrogens is 402 g/mol. The molecule has 1 amide bonds. The van der Waals surface area contributed by atoms with Crippen molar-refractivity contribution in [2.45, 2.75) is 50.6 Å². The number of methoxy groups -OCH3 is 2. The molecule has 1 aliphatic carbocycles. The summed E-state index contributed by atoms with van der Waals surface area (Å²) in [6, 6.07) is 6.68. The molecule has 0 saturated carbocycles. The van der Waals surface area contributed by atoms with Gasteiger partial charge in [-0.3, -0.25) is 9.69 Å². The average molecular weight is 436 g/mol. The molecule has 1 aromatic carbocycles. The Balaban J connectivity index is 1.35. The lowest BCUT2D eigenvalue weighted by atomic mass is 9.68. The van der Waals surface area contributed by atoms with E-state index in [4.69, 9.17) is 9.47 Å². The Morgan fingerprint density at radius 3 is 2.78 bits per heavy atom. The second-order valence-electron chi connectivity index (χ2n) is 9.95. The number of H-pyrrole nitrogens is 1. The normalized spacial score (nSPS) is 29.8. The highest BCUT2D eigenvalue weighted by molar-refractivity contribution is 6.01. The summed E-state index contributed by atoms with van der Waals surface area (Å²) in [6.45, 7) is 3.19. The van der Waals surface area contributed by atoms with Crippen LogP contribution in [0.4, 0.5) is 0 Å². The van der Waals surface area contributed by atoms with E-state index in [-0.39, 0.29) is 11.9 Å². The van der Waals surface area contributed by atoms with E-state index in [1.807, 2.05) is 18.2 Å². The minimum Gasteiger partial charge on any atom is -0.496 e. The first-order chi connectivity index (χ1) is 15.7. The molecule has 0 unspecified atom stereocenters. The molecule has 6 nitrogen and oxygen atoms in total. The highest BCUT2D eigenvalue weighted by Crippen LogP contribution is 2.45. The second-order valence-corrected chi connectivity index (χ2v) is 9.95. The van der Waals surface area contributed by atoms with Gasteiger partial charge in [-0.05, 0) is 68.7 Å². The summed E-state index contributed by atoms with van der Waals surface area (Å²) in [4.78, 5) is 22.1. The van der Waals surface area contributed by atoms with E-state index >= 15 is 0 Å². The van der Waals surface area contributed by atoms with Crippen molar-refractivity contribution in [2.24, 2.45) is 11.8 Å². The van der Waals surface area contributed by atoms with Gasteiger partial charge in [-0.25, -0.2) is 0 Å². The highest BCUT2D eigenvalue weighted by atomic mass is 16.5. The quantitative estimate of drug-likeness (QED) is 0.734. The van der Waals surface area contributed by atoms with E-state index in [1.165, 1.54) is 37.8 Å². The number of rotatable bonds is 3. The number of ether oxygens (including phenoxy) is 2. The van der Waals surface area contributed by atoms with Crippen molar-refractivity contribution in [2.75, 3.05) is 33.9 Å². The third-order valence-corrected chi connectivity index (χ3v) is 8.30. The average Bonchev–Trinajstić information content (AvgIpc) is 3.28. The lowest BCUT2D eigenvalue weighted by molar-refractivity contribution is 0.00134. The van der Waals surface area contributed by atoms with Crippen molar-refractivity contribution in [1.29, 1.82) is 0 Å². The number of carbonyl (C=O) groups is 1. The summed E-state index contributed by atoms with van der Waals surface area (Å²) in [5.41, 5.74) is 2.96. The summed E-state index contributed by atoms with van der Waals surface area (Å²) in [7, 11) is 3.31. The van der Waals surface area contributed by atoms with Crippen LogP contribution in [0.1, 0.15) is 49.0 Å². The van der Waals surface area contributed by atoms with Crippen molar-refractivity contribution < 1.29 is 14.3 Å². The Morgan fingerprint density at radius 2 is 1.94 bits per heavy atom. The minimum absolute atomic E-state index is 0.0973. The van der Waals surface area contributed by atoms with E-state index in [0.29, 0.717) is 17.5 Å². The Kier molecular flexibility index (Phi) is 4.94. The lowest BCUT2D eigenvalue weighted by Crippen LogP contribution is -2.60. The van der Waals surface area contributed by atoms with Gasteiger partial charge in [-0.15, -0.1) is 0 Å². The van der Waals surface area contributed by atoms with Gasteiger partial charge in [0.1, 0.15) is 17.2 Å². The van der Waals surface area contributed by atoms with Crippen molar-refractivity contribution in [3.8, 4) is 11.5 Å². The SMILES string of the molecule is COc1ccc(OC)c2[nH]c(C(=O)N3CCCC4=C[C@H]5C[C@@H](CN6CCCC[C@@H]56)[C@@H]43)cc12. The zero-order valence-electron chi connectivity index (χ0n) is 19.1. The summed E-state index contributed by atoms with van der Waals surface area (Å²) >= 11 is 0. The van der Waals surface area contributed by atoms with Gasteiger partial charge in [-0.1, -0.05) is 18.1 Å². The van der Waals surface area contributed by atoms with Gasteiger partial charge >= 0.3 is 0 Å². The van der Waals surface area contributed by atoms with Gasteiger partial charge in [0, 0.05) is 24.5 Å². The maximum atomic E-state index is 13.8. The Morgan fingerprint density at radius 1 is 1.09 bits per heavy atom. The van der Waals surface area contributed by atoms with Gasteiger partial charge in [0.15, 0.2) is 0 Å². The molecule has 3 saturated heterocycles. The van der Waals surface area contributed by atoms with Gasteiger partial charge in [0.25, 0.3) is 5.91 Å². The van der Waals surface area contributed by atoms with Gasteiger partial charge < -0.3 is 19.4 Å². The number of fused-ring (bicyclic) bond motifs is 7. The molecule has 1 N–H and O–H groups in total. The van der Waals surface area contributed by atoms with Gasteiger partial charge in [-0.2, -0.15) is 0 Å². The molecule has 4 atom stereocenters. The number of aromatic amines is 1. The number of aromatic nitrogens is 1. The zero-order valence-corrected chi connectivity index (χ0v) is 19.1. The van der Waals surface area contributed by atoms with Crippen LogP contribution in [-0.2, 0) is 0 Å². The van der Waals surface area contributed by atoms with E-state index < -0.39 is 0 Å². The van der Waals surface area contributed by atoms with Crippen molar-refractivity contribution in [3.05, 3.63) is 35.5 Å². The highest BCUT2D eigenvalue weighted by Gasteiger charge is 2.47. The molecule has 4 aliphatic rings. The van der Waals surface area contributed by atoms with Crippen LogP contribution < -0.4 is 9.47 Å². The van der Waals surface area contributed by atoms with E-state index in [2.05, 4.69) is 20.9 Å². The van der Waals surface area contributed by atoms with Crippen LogP contribution in [0.3, 0.4) is 0 Å². The van der Waals surface area contributed by atoms with Crippen LogP contribution in [0.5, 0.6) is 11.5 Å².